The third-order valence-electron chi connectivity index (χ3n) is 4.11. The number of nitrogens with one attached hydrogen (secondary N) is 1. The maximum absolute atomic E-state index is 12.8. The second-order valence-corrected chi connectivity index (χ2v) is 9.05. The van der Waals surface area contributed by atoms with Crippen molar-refractivity contribution in [3.63, 3.8) is 0 Å². The molecule has 0 radical (unpaired) electrons. The van der Waals surface area contributed by atoms with Gasteiger partial charge in [0.25, 0.3) is 10.0 Å². The number of benzene rings is 1. The van der Waals surface area contributed by atoms with E-state index in [1.807, 2.05) is 25.3 Å². The lowest BCUT2D eigenvalue weighted by Crippen LogP contribution is -2.14. The quantitative estimate of drug-likeness (QED) is 0.512. The Morgan fingerprint density at radius 3 is 2.62 bits per heavy atom. The number of ether oxygens (including phenoxy) is 1. The lowest BCUT2D eigenvalue weighted by atomic mass is 10.2. The molecular formula is C21H21N3O3S2. The highest BCUT2D eigenvalue weighted by Crippen LogP contribution is 2.36. The molecular weight excluding hydrogens is 406 g/mol. The fourth-order valence-corrected chi connectivity index (χ4v) is 4.60. The van der Waals surface area contributed by atoms with Crippen molar-refractivity contribution < 1.29 is 13.2 Å². The Kier molecular flexibility index (Phi) is 6.52. The van der Waals surface area contributed by atoms with Crippen molar-refractivity contribution >= 4 is 27.0 Å². The van der Waals surface area contributed by atoms with Gasteiger partial charge in [0.05, 0.1) is 22.1 Å². The molecule has 29 heavy (non-hydrogen) atoms. The van der Waals surface area contributed by atoms with E-state index in [1.54, 1.807) is 18.2 Å². The number of aromatic nitrogens is 1. The van der Waals surface area contributed by atoms with Crippen LogP contribution in [-0.2, 0) is 10.0 Å². The minimum Gasteiger partial charge on any atom is -0.477 e. The van der Waals surface area contributed by atoms with Crippen molar-refractivity contribution in [3.8, 4) is 22.5 Å². The Hall–Kier alpha value is -2.89. The van der Waals surface area contributed by atoms with Crippen molar-refractivity contribution in [2.75, 3.05) is 11.3 Å². The molecule has 0 saturated heterocycles. The summed E-state index contributed by atoms with van der Waals surface area (Å²) in [4.78, 5) is 5.44. The second kappa shape index (κ2) is 9.07. The summed E-state index contributed by atoms with van der Waals surface area (Å²) in [6.45, 7) is 4.44. The largest absolute Gasteiger partial charge is 0.477 e. The molecule has 0 bridgehead atoms. The van der Waals surface area contributed by atoms with Crippen LogP contribution >= 0.6 is 11.3 Å². The molecule has 0 atom stereocenters. The molecule has 0 saturated carbocycles. The van der Waals surface area contributed by atoms with Gasteiger partial charge in [0.1, 0.15) is 17.3 Å². The van der Waals surface area contributed by atoms with Gasteiger partial charge in [-0.05, 0) is 48.6 Å². The lowest BCUT2D eigenvalue weighted by Gasteiger charge is -2.14. The number of hydrogen-bond acceptors (Lipinski definition) is 6. The van der Waals surface area contributed by atoms with Crippen molar-refractivity contribution in [1.82, 2.24) is 4.98 Å². The summed E-state index contributed by atoms with van der Waals surface area (Å²) in [5.41, 5.74) is 1.91. The van der Waals surface area contributed by atoms with Crippen LogP contribution < -0.4 is 9.46 Å². The summed E-state index contributed by atoms with van der Waals surface area (Å²) in [6.07, 6.45) is 1.79. The van der Waals surface area contributed by atoms with Crippen LogP contribution in [0.2, 0.25) is 0 Å². The number of aryl methyl sites for hydroxylation is 1. The maximum Gasteiger partial charge on any atom is 0.261 e. The van der Waals surface area contributed by atoms with Crippen LogP contribution in [0.1, 0.15) is 30.9 Å². The number of rotatable bonds is 8. The normalized spacial score (nSPS) is 11.1. The predicted octanol–water partition coefficient (Wildman–Crippen LogP) is 4.97. The van der Waals surface area contributed by atoms with Gasteiger partial charge in [-0.15, -0.1) is 11.3 Å². The van der Waals surface area contributed by atoms with Crippen LogP contribution in [0.4, 0.5) is 5.69 Å². The van der Waals surface area contributed by atoms with Crippen LogP contribution in [-0.4, -0.2) is 20.0 Å². The van der Waals surface area contributed by atoms with Crippen molar-refractivity contribution in [2.24, 2.45) is 0 Å². The van der Waals surface area contributed by atoms with Gasteiger partial charge in [0.2, 0.25) is 5.88 Å². The molecule has 0 aliphatic carbocycles. The molecule has 0 amide bonds. The highest BCUT2D eigenvalue weighted by Gasteiger charge is 2.21. The van der Waals surface area contributed by atoms with Crippen LogP contribution in [0.5, 0.6) is 5.88 Å². The summed E-state index contributed by atoms with van der Waals surface area (Å²) in [7, 11) is -3.83. The van der Waals surface area contributed by atoms with Gasteiger partial charge in [-0.1, -0.05) is 31.5 Å². The standard InChI is InChI=1S/C21H21N3O3S2/c1-3-4-10-27-21-16(13-22)12-18(20(23-21)19-11-15(2)14-28-19)24-29(25,26)17-8-6-5-7-9-17/h5-9,11-12,14,24H,3-4,10H2,1-2H3. The average Bonchev–Trinajstić information content (AvgIpc) is 3.15. The molecule has 2 aromatic heterocycles. The minimum absolute atomic E-state index is 0.134. The topological polar surface area (TPSA) is 92.1 Å². The molecule has 0 aliphatic heterocycles. The summed E-state index contributed by atoms with van der Waals surface area (Å²) in [6, 6.07) is 13.5. The van der Waals surface area contributed by atoms with E-state index in [0.717, 1.165) is 23.3 Å². The van der Waals surface area contributed by atoms with E-state index in [9.17, 15) is 13.7 Å². The van der Waals surface area contributed by atoms with E-state index in [1.165, 1.54) is 29.5 Å². The van der Waals surface area contributed by atoms with Crippen molar-refractivity contribution in [2.45, 2.75) is 31.6 Å². The maximum atomic E-state index is 12.8. The summed E-state index contributed by atoms with van der Waals surface area (Å²) < 4.78 is 34.0. The molecule has 0 unspecified atom stereocenters. The molecule has 3 rings (SSSR count). The number of anilines is 1. The molecule has 0 aliphatic rings. The molecule has 150 valence electrons. The van der Waals surface area contributed by atoms with Gasteiger partial charge in [-0.2, -0.15) is 5.26 Å². The molecule has 2 heterocycles. The molecule has 6 nitrogen and oxygen atoms in total. The fraction of sp³-hybridized carbons (Fsp3) is 0.238. The highest BCUT2D eigenvalue weighted by atomic mass is 32.2. The molecule has 8 heteroatoms. The smallest absolute Gasteiger partial charge is 0.261 e. The number of pyridine rings is 1. The van der Waals surface area contributed by atoms with Gasteiger partial charge >= 0.3 is 0 Å². The van der Waals surface area contributed by atoms with Crippen molar-refractivity contribution in [1.29, 1.82) is 5.26 Å². The number of hydrogen-bond donors (Lipinski definition) is 1. The molecule has 3 aromatic rings. The molecule has 0 spiro atoms. The number of sulfonamides is 1. The van der Waals surface area contributed by atoms with E-state index >= 15 is 0 Å². The van der Waals surface area contributed by atoms with Crippen LogP contribution in [0.15, 0.2) is 52.7 Å². The summed E-state index contributed by atoms with van der Waals surface area (Å²) >= 11 is 1.45. The second-order valence-electron chi connectivity index (χ2n) is 6.46. The number of unbranched alkanes of at least 4 members (excludes halogenated alkanes) is 1. The third-order valence-corrected chi connectivity index (χ3v) is 6.54. The zero-order chi connectivity index (χ0) is 20.9. The predicted molar refractivity (Wildman–Crippen MR) is 115 cm³/mol. The number of nitrogens with zero attached hydrogens (tertiary/aromatic N) is 2. The Bertz CT molecular complexity index is 1130. The van der Waals surface area contributed by atoms with E-state index in [2.05, 4.69) is 15.8 Å². The van der Waals surface area contributed by atoms with Crippen LogP contribution in [0, 0.1) is 18.3 Å². The monoisotopic (exact) mass is 427 g/mol. The number of thiophene rings is 1. The average molecular weight is 428 g/mol. The zero-order valence-corrected chi connectivity index (χ0v) is 17.8. The van der Waals surface area contributed by atoms with E-state index in [0.29, 0.717) is 12.3 Å². The van der Waals surface area contributed by atoms with Crippen molar-refractivity contribution in [3.05, 3.63) is 59.0 Å². The zero-order valence-electron chi connectivity index (χ0n) is 16.2. The first-order valence-electron chi connectivity index (χ1n) is 9.16. The SMILES string of the molecule is CCCCOc1nc(-c2cc(C)cs2)c(NS(=O)(=O)c2ccccc2)cc1C#N. The molecule has 0 fully saturated rings. The summed E-state index contributed by atoms with van der Waals surface area (Å²) in [5, 5.41) is 11.5. The third kappa shape index (κ3) is 4.94. The Balaban J connectivity index is 2.08. The Labute approximate surface area is 174 Å². The summed E-state index contributed by atoms with van der Waals surface area (Å²) in [5.74, 6) is 0.213. The Morgan fingerprint density at radius 1 is 1.24 bits per heavy atom. The van der Waals surface area contributed by atoms with E-state index in [4.69, 9.17) is 4.74 Å². The number of nitriles is 1. The first kappa shape index (κ1) is 20.8. The van der Waals surface area contributed by atoms with Gasteiger partial charge < -0.3 is 4.74 Å². The first-order valence-corrected chi connectivity index (χ1v) is 11.5. The van der Waals surface area contributed by atoms with E-state index in [-0.39, 0.29) is 22.0 Å². The van der Waals surface area contributed by atoms with Gasteiger partial charge in [-0.25, -0.2) is 13.4 Å². The fourth-order valence-electron chi connectivity index (χ4n) is 2.62. The highest BCUT2D eigenvalue weighted by molar-refractivity contribution is 7.92. The lowest BCUT2D eigenvalue weighted by molar-refractivity contribution is 0.297. The first-order chi connectivity index (χ1) is 13.9. The molecule has 1 aromatic carbocycles. The Morgan fingerprint density at radius 2 is 2.00 bits per heavy atom. The van der Waals surface area contributed by atoms with E-state index < -0.39 is 10.0 Å². The van der Waals surface area contributed by atoms with Gasteiger partial charge in [-0.3, -0.25) is 4.72 Å². The van der Waals surface area contributed by atoms with Gasteiger partial charge in [0.15, 0.2) is 0 Å². The minimum atomic E-state index is -3.83. The van der Waals surface area contributed by atoms with Gasteiger partial charge in [0, 0.05) is 0 Å². The van der Waals surface area contributed by atoms with Crippen LogP contribution in [0.25, 0.3) is 10.6 Å². The molecule has 1 N–H and O–H groups in total. The van der Waals surface area contributed by atoms with Crippen LogP contribution in [0.3, 0.4) is 0 Å².